The van der Waals surface area contributed by atoms with Crippen LogP contribution in [0.4, 0.5) is 0 Å². The molecule has 2 atom stereocenters. The number of hydrogen-bond donors (Lipinski definition) is 0. The molecule has 7 heteroatoms. The summed E-state index contributed by atoms with van der Waals surface area (Å²) in [5.74, 6) is 1.33. The normalized spacial score (nSPS) is 27.7. The molecule has 0 unspecified atom stereocenters. The average Bonchev–Trinajstić information content (AvgIpc) is 3.38. The summed E-state index contributed by atoms with van der Waals surface area (Å²) >= 11 is 1.79. The van der Waals surface area contributed by atoms with Gasteiger partial charge < -0.3 is 14.2 Å². The van der Waals surface area contributed by atoms with Gasteiger partial charge >= 0.3 is 0 Å². The lowest BCUT2D eigenvalue weighted by molar-refractivity contribution is -0.000920. The maximum atomic E-state index is 9.36. The number of aromatic nitrogens is 1. The van der Waals surface area contributed by atoms with Gasteiger partial charge in [-0.05, 0) is 62.5 Å². The third-order valence-electron chi connectivity index (χ3n) is 7.22. The van der Waals surface area contributed by atoms with Crippen LogP contribution in [0.15, 0.2) is 12.3 Å². The van der Waals surface area contributed by atoms with Gasteiger partial charge in [0, 0.05) is 37.3 Å². The maximum Gasteiger partial charge on any atom is 0.144 e. The number of hydrogen-bond acceptors (Lipinski definition) is 7. The monoisotopic (exact) mass is 441 g/mol. The van der Waals surface area contributed by atoms with Crippen molar-refractivity contribution < 1.29 is 14.2 Å². The van der Waals surface area contributed by atoms with Crippen LogP contribution in [0, 0.1) is 11.3 Å². The van der Waals surface area contributed by atoms with E-state index in [2.05, 4.69) is 16.0 Å². The molecule has 3 heterocycles. The second-order valence-electron chi connectivity index (χ2n) is 8.95. The molecule has 3 aliphatic rings. The van der Waals surface area contributed by atoms with Crippen LogP contribution in [0.2, 0.25) is 0 Å². The predicted octanol–water partition coefficient (Wildman–Crippen LogP) is 4.28. The van der Waals surface area contributed by atoms with E-state index in [-0.39, 0.29) is 12.2 Å². The van der Waals surface area contributed by atoms with Crippen molar-refractivity contribution in [3.63, 3.8) is 0 Å². The summed E-state index contributed by atoms with van der Waals surface area (Å²) in [5, 5.41) is 10.6. The fourth-order valence-electron chi connectivity index (χ4n) is 5.57. The summed E-state index contributed by atoms with van der Waals surface area (Å²) in [4.78, 5) is 9.73. The molecule has 0 bridgehead atoms. The van der Waals surface area contributed by atoms with E-state index in [0.29, 0.717) is 12.0 Å². The van der Waals surface area contributed by atoms with E-state index in [1.165, 1.54) is 28.7 Å². The molecular formula is C24H31N3O3S. The zero-order chi connectivity index (χ0) is 21.2. The Morgan fingerprint density at radius 1 is 1.26 bits per heavy atom. The number of morpholine rings is 1. The average molecular weight is 442 g/mol. The lowest BCUT2D eigenvalue weighted by Gasteiger charge is -2.38. The quantitative estimate of drug-likeness (QED) is 0.667. The first-order chi connectivity index (χ1) is 15.3. The van der Waals surface area contributed by atoms with Gasteiger partial charge in [0.2, 0.25) is 0 Å². The summed E-state index contributed by atoms with van der Waals surface area (Å²) < 4.78 is 17.5. The van der Waals surface area contributed by atoms with E-state index >= 15 is 0 Å². The van der Waals surface area contributed by atoms with E-state index in [4.69, 9.17) is 14.2 Å². The number of nitriles is 1. The second kappa shape index (κ2) is 9.41. The summed E-state index contributed by atoms with van der Waals surface area (Å²) in [6.07, 6.45) is 9.26. The van der Waals surface area contributed by atoms with Gasteiger partial charge in [-0.15, -0.1) is 11.3 Å². The molecule has 1 saturated heterocycles. The lowest BCUT2D eigenvalue weighted by Crippen LogP contribution is -2.46. The van der Waals surface area contributed by atoms with Crippen molar-refractivity contribution in [3.05, 3.63) is 22.7 Å². The SMILES string of the molecule is CO[C@@H](C#N)C[C@H]1CCc2sc3nccc(OC4CCC(N5CCOCC5)CC4)c3c21. The summed E-state index contributed by atoms with van der Waals surface area (Å²) in [7, 11) is 1.62. The van der Waals surface area contributed by atoms with E-state index in [0.717, 1.165) is 69.0 Å². The van der Waals surface area contributed by atoms with Gasteiger partial charge in [-0.25, -0.2) is 4.98 Å². The van der Waals surface area contributed by atoms with Crippen molar-refractivity contribution in [3.8, 4) is 11.8 Å². The molecule has 2 aliphatic carbocycles. The molecular weight excluding hydrogens is 410 g/mol. The first kappa shape index (κ1) is 21.1. The Balaban J connectivity index is 1.31. The minimum absolute atomic E-state index is 0.268. The van der Waals surface area contributed by atoms with E-state index in [9.17, 15) is 5.26 Å². The number of aryl methyl sites for hydroxylation is 1. The van der Waals surface area contributed by atoms with Gasteiger partial charge in [-0.1, -0.05) is 0 Å². The number of pyridine rings is 1. The highest BCUT2D eigenvalue weighted by atomic mass is 32.1. The largest absolute Gasteiger partial charge is 0.490 e. The molecule has 6 nitrogen and oxygen atoms in total. The van der Waals surface area contributed by atoms with Crippen LogP contribution in [0.3, 0.4) is 0 Å². The Hall–Kier alpha value is -1.72. The van der Waals surface area contributed by atoms with Crippen molar-refractivity contribution in [2.24, 2.45) is 0 Å². The van der Waals surface area contributed by atoms with Crippen LogP contribution in [-0.4, -0.2) is 61.5 Å². The first-order valence-corrected chi connectivity index (χ1v) is 12.4. The molecule has 1 saturated carbocycles. The number of methoxy groups -OCH3 is 1. The fraction of sp³-hybridized carbons (Fsp3) is 0.667. The maximum absolute atomic E-state index is 9.36. The molecule has 2 aromatic heterocycles. The van der Waals surface area contributed by atoms with Gasteiger partial charge in [0.25, 0.3) is 0 Å². The van der Waals surface area contributed by atoms with Gasteiger partial charge in [0.05, 0.1) is 30.8 Å². The van der Waals surface area contributed by atoms with Crippen molar-refractivity contribution in [1.82, 2.24) is 9.88 Å². The third kappa shape index (κ3) is 4.31. The Bertz CT molecular complexity index is 941. The van der Waals surface area contributed by atoms with Gasteiger partial charge in [0.15, 0.2) is 0 Å². The summed E-state index contributed by atoms with van der Waals surface area (Å²) in [6.45, 7) is 3.86. The molecule has 0 radical (unpaired) electrons. The fourth-order valence-corrected chi connectivity index (χ4v) is 6.83. The highest BCUT2D eigenvalue weighted by Crippen LogP contribution is 2.48. The van der Waals surface area contributed by atoms with Crippen LogP contribution in [0.5, 0.6) is 5.75 Å². The first-order valence-electron chi connectivity index (χ1n) is 11.6. The smallest absolute Gasteiger partial charge is 0.144 e. The van der Waals surface area contributed by atoms with E-state index in [1.807, 2.05) is 12.3 Å². The molecule has 0 N–H and O–H groups in total. The van der Waals surface area contributed by atoms with Gasteiger partial charge in [-0.3, -0.25) is 4.90 Å². The van der Waals surface area contributed by atoms with Crippen LogP contribution < -0.4 is 4.74 Å². The Labute approximate surface area is 188 Å². The lowest BCUT2D eigenvalue weighted by atomic mass is 9.91. The molecule has 31 heavy (non-hydrogen) atoms. The zero-order valence-electron chi connectivity index (χ0n) is 18.2. The Morgan fingerprint density at radius 2 is 2.06 bits per heavy atom. The molecule has 0 spiro atoms. The van der Waals surface area contributed by atoms with E-state index in [1.54, 1.807) is 18.4 Å². The standard InChI is InChI=1S/C24H31N3O3S/c1-28-19(15-25)14-16-2-7-21-22(16)23-20(8-9-26-24(23)31-21)30-18-5-3-17(4-6-18)27-10-12-29-13-11-27/h8-9,16-19H,2-7,10-14H2,1H3/t16-,17?,18?,19-/m1/s1. The number of fused-ring (bicyclic) bond motifs is 3. The number of rotatable bonds is 6. The molecule has 166 valence electrons. The molecule has 5 rings (SSSR count). The molecule has 2 fully saturated rings. The van der Waals surface area contributed by atoms with Crippen LogP contribution in [0.25, 0.3) is 10.2 Å². The third-order valence-corrected chi connectivity index (χ3v) is 8.40. The predicted molar refractivity (Wildman–Crippen MR) is 121 cm³/mol. The van der Waals surface area contributed by atoms with Crippen molar-refractivity contribution in [2.45, 2.75) is 69.1 Å². The molecule has 1 aliphatic heterocycles. The van der Waals surface area contributed by atoms with Crippen LogP contribution in [-0.2, 0) is 15.9 Å². The Morgan fingerprint density at radius 3 is 2.81 bits per heavy atom. The summed E-state index contributed by atoms with van der Waals surface area (Å²) in [6, 6.07) is 5.00. The number of nitrogens with zero attached hydrogens (tertiary/aromatic N) is 3. The zero-order valence-corrected chi connectivity index (χ0v) is 19.0. The highest BCUT2D eigenvalue weighted by Gasteiger charge is 2.33. The van der Waals surface area contributed by atoms with Gasteiger partial charge in [0.1, 0.15) is 16.7 Å². The topological polar surface area (TPSA) is 67.6 Å². The van der Waals surface area contributed by atoms with Crippen molar-refractivity contribution in [1.29, 1.82) is 5.26 Å². The molecule has 0 amide bonds. The number of thiophene rings is 1. The van der Waals surface area contributed by atoms with Crippen LogP contribution >= 0.6 is 11.3 Å². The Kier molecular flexibility index (Phi) is 6.42. The highest BCUT2D eigenvalue weighted by molar-refractivity contribution is 7.19. The minimum atomic E-state index is -0.359. The minimum Gasteiger partial charge on any atom is -0.490 e. The van der Waals surface area contributed by atoms with Crippen molar-refractivity contribution in [2.75, 3.05) is 33.4 Å². The van der Waals surface area contributed by atoms with Crippen LogP contribution in [0.1, 0.15) is 54.9 Å². The molecule has 0 aromatic carbocycles. The number of ether oxygens (including phenoxy) is 3. The summed E-state index contributed by atoms with van der Waals surface area (Å²) in [5.41, 5.74) is 1.36. The van der Waals surface area contributed by atoms with Crippen molar-refractivity contribution >= 4 is 21.6 Å². The second-order valence-corrected chi connectivity index (χ2v) is 10.0. The molecule has 2 aromatic rings. The van der Waals surface area contributed by atoms with E-state index < -0.39 is 0 Å². The van der Waals surface area contributed by atoms with Gasteiger partial charge in [-0.2, -0.15) is 5.26 Å².